The second kappa shape index (κ2) is 4.10. The average molecular weight is 231 g/mol. The number of hydrogen-bond donors (Lipinski definition) is 2. The summed E-state index contributed by atoms with van der Waals surface area (Å²) < 4.78 is 10.9. The van der Waals surface area contributed by atoms with E-state index >= 15 is 0 Å². The first-order chi connectivity index (χ1) is 6.82. The second-order valence-corrected chi connectivity index (χ2v) is 5.07. The SMILES string of the molecule is C[C@@H](c1ccc([N+](=O)[O-])cc1)P(=O)(O)O. The Morgan fingerprint density at radius 1 is 1.33 bits per heavy atom. The number of hydrogen-bond acceptors (Lipinski definition) is 3. The maximum Gasteiger partial charge on any atom is 0.332 e. The van der Waals surface area contributed by atoms with E-state index in [4.69, 9.17) is 9.79 Å². The van der Waals surface area contributed by atoms with E-state index in [1.54, 1.807) is 0 Å². The van der Waals surface area contributed by atoms with Gasteiger partial charge in [-0.15, -0.1) is 0 Å². The smallest absolute Gasteiger partial charge is 0.324 e. The molecule has 0 aliphatic rings. The average Bonchev–Trinajstić information content (AvgIpc) is 2.15. The molecule has 0 spiro atoms. The van der Waals surface area contributed by atoms with Gasteiger partial charge >= 0.3 is 7.60 Å². The Bertz CT molecular complexity index is 410. The van der Waals surface area contributed by atoms with Crippen molar-refractivity contribution in [2.75, 3.05) is 0 Å². The summed E-state index contributed by atoms with van der Waals surface area (Å²) in [4.78, 5) is 27.6. The minimum absolute atomic E-state index is 0.100. The van der Waals surface area contributed by atoms with Crippen molar-refractivity contribution in [3.8, 4) is 0 Å². The van der Waals surface area contributed by atoms with Crippen LogP contribution < -0.4 is 0 Å². The summed E-state index contributed by atoms with van der Waals surface area (Å²) in [6.45, 7) is 1.38. The van der Waals surface area contributed by atoms with Crippen LogP contribution in [0.1, 0.15) is 18.1 Å². The third-order valence-electron chi connectivity index (χ3n) is 2.09. The van der Waals surface area contributed by atoms with Gasteiger partial charge in [0.15, 0.2) is 0 Å². The lowest BCUT2D eigenvalue weighted by molar-refractivity contribution is -0.384. The Labute approximate surface area is 85.9 Å². The lowest BCUT2D eigenvalue weighted by Crippen LogP contribution is -1.95. The highest BCUT2D eigenvalue weighted by atomic mass is 31.2. The fraction of sp³-hybridized carbons (Fsp3) is 0.250. The topological polar surface area (TPSA) is 101 Å². The summed E-state index contributed by atoms with van der Waals surface area (Å²) in [6.07, 6.45) is 0. The fourth-order valence-electron chi connectivity index (χ4n) is 1.07. The van der Waals surface area contributed by atoms with E-state index < -0.39 is 18.2 Å². The molecule has 0 heterocycles. The lowest BCUT2D eigenvalue weighted by Gasteiger charge is -2.12. The lowest BCUT2D eigenvalue weighted by atomic mass is 10.1. The predicted molar refractivity (Wildman–Crippen MR) is 53.6 cm³/mol. The van der Waals surface area contributed by atoms with Crippen molar-refractivity contribution < 1.29 is 19.3 Å². The second-order valence-electron chi connectivity index (χ2n) is 3.11. The molecule has 2 N–H and O–H groups in total. The van der Waals surface area contributed by atoms with Crippen molar-refractivity contribution in [3.63, 3.8) is 0 Å². The normalized spacial score (nSPS) is 13.5. The highest BCUT2D eigenvalue weighted by Gasteiger charge is 2.25. The van der Waals surface area contributed by atoms with E-state index in [9.17, 15) is 14.7 Å². The van der Waals surface area contributed by atoms with Gasteiger partial charge in [0, 0.05) is 12.1 Å². The summed E-state index contributed by atoms with van der Waals surface area (Å²) in [5, 5.41) is 10.3. The number of nitro benzene ring substituents is 1. The van der Waals surface area contributed by atoms with Crippen molar-refractivity contribution in [3.05, 3.63) is 39.9 Å². The van der Waals surface area contributed by atoms with E-state index in [1.807, 2.05) is 0 Å². The molecule has 1 atom stereocenters. The van der Waals surface area contributed by atoms with Crippen molar-refractivity contribution in [2.45, 2.75) is 12.6 Å². The van der Waals surface area contributed by atoms with Crippen LogP contribution in [0.5, 0.6) is 0 Å². The van der Waals surface area contributed by atoms with Crippen LogP contribution in [0.15, 0.2) is 24.3 Å². The van der Waals surface area contributed by atoms with Crippen LogP contribution >= 0.6 is 7.60 Å². The van der Waals surface area contributed by atoms with Gasteiger partial charge in [0.1, 0.15) is 0 Å². The van der Waals surface area contributed by atoms with Crippen LogP contribution in [-0.4, -0.2) is 14.7 Å². The van der Waals surface area contributed by atoms with Gasteiger partial charge < -0.3 is 9.79 Å². The third-order valence-corrected chi connectivity index (χ3v) is 3.40. The molecular formula is C8H10NO5P. The first-order valence-corrected chi connectivity index (χ1v) is 5.80. The summed E-state index contributed by atoms with van der Waals surface area (Å²) in [5.41, 5.74) is -0.663. The van der Waals surface area contributed by atoms with E-state index in [0.29, 0.717) is 5.56 Å². The molecule has 1 aromatic carbocycles. The zero-order chi connectivity index (χ0) is 11.6. The van der Waals surface area contributed by atoms with Crippen molar-refractivity contribution in [1.82, 2.24) is 0 Å². The molecule has 0 aromatic heterocycles. The van der Waals surface area contributed by atoms with Crippen molar-refractivity contribution >= 4 is 13.3 Å². The maximum atomic E-state index is 10.9. The molecule has 0 saturated heterocycles. The number of non-ortho nitro benzene ring substituents is 1. The van der Waals surface area contributed by atoms with E-state index in [2.05, 4.69) is 0 Å². The van der Waals surface area contributed by atoms with Crippen LogP contribution in [0, 0.1) is 10.1 Å². The van der Waals surface area contributed by atoms with E-state index in [1.165, 1.54) is 31.2 Å². The highest BCUT2D eigenvalue weighted by Crippen LogP contribution is 2.51. The molecular weight excluding hydrogens is 221 g/mol. The molecule has 0 aliphatic heterocycles. The van der Waals surface area contributed by atoms with Crippen molar-refractivity contribution in [2.24, 2.45) is 0 Å². The van der Waals surface area contributed by atoms with Gasteiger partial charge in [-0.1, -0.05) is 12.1 Å². The van der Waals surface area contributed by atoms with Crippen molar-refractivity contribution in [1.29, 1.82) is 0 Å². The van der Waals surface area contributed by atoms with Gasteiger partial charge in [-0.05, 0) is 12.5 Å². The van der Waals surface area contributed by atoms with Gasteiger partial charge in [0.2, 0.25) is 0 Å². The molecule has 0 bridgehead atoms. The third kappa shape index (κ3) is 2.86. The number of nitrogens with zero attached hydrogens (tertiary/aromatic N) is 1. The Balaban J connectivity index is 2.99. The first kappa shape index (κ1) is 11.8. The molecule has 0 amide bonds. The van der Waals surface area contributed by atoms with Crippen LogP contribution in [0.2, 0.25) is 0 Å². The molecule has 1 rings (SSSR count). The summed E-state index contributed by atoms with van der Waals surface area (Å²) in [7, 11) is -4.19. The molecule has 7 heteroatoms. The maximum absolute atomic E-state index is 10.9. The number of benzene rings is 1. The Hall–Kier alpha value is -1.23. The Morgan fingerprint density at radius 2 is 1.80 bits per heavy atom. The molecule has 15 heavy (non-hydrogen) atoms. The standard InChI is InChI=1S/C8H10NO5P/c1-6(15(12,13)14)7-2-4-8(5-3-7)9(10)11/h2-6H,1H3,(H2,12,13,14)/t6-/m0/s1. The minimum atomic E-state index is -4.19. The molecule has 0 fully saturated rings. The van der Waals surface area contributed by atoms with E-state index in [-0.39, 0.29) is 5.69 Å². The molecule has 0 radical (unpaired) electrons. The van der Waals surface area contributed by atoms with E-state index in [0.717, 1.165) is 0 Å². The van der Waals surface area contributed by atoms with Crippen LogP contribution in [-0.2, 0) is 4.57 Å². The molecule has 1 aromatic rings. The minimum Gasteiger partial charge on any atom is -0.324 e. The molecule has 0 saturated carbocycles. The highest BCUT2D eigenvalue weighted by molar-refractivity contribution is 7.52. The number of rotatable bonds is 3. The zero-order valence-corrected chi connectivity index (χ0v) is 8.79. The van der Waals surface area contributed by atoms with Gasteiger partial charge in [0.05, 0.1) is 10.6 Å². The molecule has 82 valence electrons. The summed E-state index contributed by atoms with van der Waals surface area (Å²) >= 11 is 0. The first-order valence-electron chi connectivity index (χ1n) is 4.12. The van der Waals surface area contributed by atoms with Gasteiger partial charge in [-0.2, -0.15) is 0 Å². The predicted octanol–water partition coefficient (Wildman–Crippen LogP) is 1.83. The number of nitro groups is 1. The summed E-state index contributed by atoms with van der Waals surface area (Å²) in [5.74, 6) is 0. The monoisotopic (exact) mass is 231 g/mol. The van der Waals surface area contributed by atoms with Crippen LogP contribution in [0.3, 0.4) is 0 Å². The largest absolute Gasteiger partial charge is 0.332 e. The zero-order valence-electron chi connectivity index (χ0n) is 7.90. The van der Waals surface area contributed by atoms with Gasteiger partial charge in [0.25, 0.3) is 5.69 Å². The van der Waals surface area contributed by atoms with Gasteiger partial charge in [-0.25, -0.2) is 0 Å². The summed E-state index contributed by atoms with van der Waals surface area (Å²) in [6, 6.07) is 5.15. The Kier molecular flexibility index (Phi) is 3.24. The molecule has 6 nitrogen and oxygen atoms in total. The van der Waals surface area contributed by atoms with Crippen LogP contribution in [0.25, 0.3) is 0 Å². The quantitative estimate of drug-likeness (QED) is 0.469. The van der Waals surface area contributed by atoms with Gasteiger partial charge in [-0.3, -0.25) is 14.7 Å². The molecule has 0 unspecified atom stereocenters. The van der Waals surface area contributed by atoms with Crippen LogP contribution in [0.4, 0.5) is 5.69 Å². The Morgan fingerprint density at radius 3 is 2.13 bits per heavy atom. The molecule has 0 aliphatic carbocycles. The fourth-order valence-corrected chi connectivity index (χ4v) is 1.63.